The maximum Gasteiger partial charge on any atom is 0.226 e. The molecule has 2 aromatic rings. The number of aliphatic hydroxyl groups is 1. The third-order valence-corrected chi connectivity index (χ3v) is 4.14. The maximum absolute atomic E-state index is 12.5. The molecule has 0 radical (unpaired) electrons. The van der Waals surface area contributed by atoms with E-state index in [-0.39, 0.29) is 17.9 Å². The van der Waals surface area contributed by atoms with Gasteiger partial charge in [-0.15, -0.1) is 0 Å². The summed E-state index contributed by atoms with van der Waals surface area (Å²) in [6.07, 6.45) is 1.52. The van der Waals surface area contributed by atoms with E-state index in [9.17, 15) is 9.90 Å². The second kappa shape index (κ2) is 9.14. The molecule has 0 saturated carbocycles. The molecule has 1 amide bonds. The smallest absolute Gasteiger partial charge is 0.226 e. The van der Waals surface area contributed by atoms with Crippen LogP contribution in [0.2, 0.25) is 5.02 Å². The van der Waals surface area contributed by atoms with Crippen molar-refractivity contribution in [3.05, 3.63) is 46.6 Å². The number of carbonyl (C=O) groups is 1. The fourth-order valence-electron chi connectivity index (χ4n) is 2.48. The Morgan fingerprint density at radius 2 is 2.12 bits per heavy atom. The molecule has 142 valence electrons. The van der Waals surface area contributed by atoms with Gasteiger partial charge >= 0.3 is 0 Å². The van der Waals surface area contributed by atoms with Gasteiger partial charge in [0.1, 0.15) is 0 Å². The highest BCUT2D eigenvalue weighted by atomic mass is 35.5. The minimum Gasteiger partial charge on any atom is -0.395 e. The van der Waals surface area contributed by atoms with Gasteiger partial charge in [-0.3, -0.25) is 4.79 Å². The monoisotopic (exact) mass is 379 g/mol. The number of benzene rings is 1. The molecule has 1 aromatic heterocycles. The Hall–Kier alpha value is -1.92. The van der Waals surface area contributed by atoms with Crippen LogP contribution in [0, 0.1) is 0 Å². The first-order valence-corrected chi connectivity index (χ1v) is 9.13. The summed E-state index contributed by atoms with van der Waals surface area (Å²) in [7, 11) is 0. The number of amides is 1. The highest BCUT2D eigenvalue weighted by Crippen LogP contribution is 2.19. The van der Waals surface area contributed by atoms with E-state index in [1.54, 1.807) is 11.0 Å². The third kappa shape index (κ3) is 6.11. The quantitative estimate of drug-likeness (QED) is 0.760. The minimum absolute atomic E-state index is 0.0189. The first-order chi connectivity index (χ1) is 12.3. The van der Waals surface area contributed by atoms with Crippen LogP contribution in [0.15, 0.2) is 28.8 Å². The van der Waals surface area contributed by atoms with Crippen LogP contribution in [0.5, 0.6) is 0 Å². The molecule has 0 aliphatic carbocycles. The predicted octanol–water partition coefficient (Wildman–Crippen LogP) is 3.36. The molecule has 26 heavy (non-hydrogen) atoms. The summed E-state index contributed by atoms with van der Waals surface area (Å²) in [4.78, 5) is 18.5. The lowest BCUT2D eigenvalue weighted by atomic mass is 9.96. The molecule has 0 fully saturated rings. The van der Waals surface area contributed by atoms with Crippen molar-refractivity contribution in [2.45, 2.75) is 52.0 Å². The number of hydrogen-bond acceptors (Lipinski definition) is 5. The molecule has 0 saturated heterocycles. The van der Waals surface area contributed by atoms with Gasteiger partial charge in [-0.1, -0.05) is 49.7 Å². The van der Waals surface area contributed by atoms with Crippen molar-refractivity contribution >= 4 is 17.5 Å². The Kier molecular flexibility index (Phi) is 7.17. The molecule has 1 aromatic carbocycles. The molecule has 0 spiro atoms. The molecule has 1 N–H and O–H groups in total. The van der Waals surface area contributed by atoms with Gasteiger partial charge in [-0.25, -0.2) is 0 Å². The zero-order chi connectivity index (χ0) is 19.2. The van der Waals surface area contributed by atoms with Crippen LogP contribution in [-0.2, 0) is 23.2 Å². The molecular formula is C19H26ClN3O3. The third-order valence-electron chi connectivity index (χ3n) is 3.91. The van der Waals surface area contributed by atoms with E-state index in [4.69, 9.17) is 16.1 Å². The lowest BCUT2D eigenvalue weighted by Gasteiger charge is -2.22. The largest absolute Gasteiger partial charge is 0.395 e. The molecule has 2 rings (SSSR count). The van der Waals surface area contributed by atoms with Gasteiger partial charge < -0.3 is 14.5 Å². The Bertz CT molecular complexity index is 725. The standard InChI is InChI=1S/C19H26ClN3O3/c1-19(2,3)18-21-16(26-22-18)8-5-9-17(25)23(10-11-24)13-14-6-4-7-15(20)12-14/h4,6-7,12,24H,5,8-11,13H2,1-3H3. The van der Waals surface area contributed by atoms with E-state index in [1.165, 1.54) is 0 Å². The molecule has 6 nitrogen and oxygen atoms in total. The van der Waals surface area contributed by atoms with E-state index >= 15 is 0 Å². The molecule has 7 heteroatoms. The summed E-state index contributed by atoms with van der Waals surface area (Å²) in [5.74, 6) is 1.20. The predicted molar refractivity (Wildman–Crippen MR) is 99.9 cm³/mol. The summed E-state index contributed by atoms with van der Waals surface area (Å²) in [6.45, 7) is 6.70. The SMILES string of the molecule is CC(C)(C)c1noc(CCCC(=O)N(CCO)Cc2cccc(Cl)c2)n1. The molecule has 0 bridgehead atoms. The number of hydrogen-bond donors (Lipinski definition) is 1. The number of halogens is 1. The molecular weight excluding hydrogens is 354 g/mol. The number of aromatic nitrogens is 2. The Labute approximate surface area is 159 Å². The minimum atomic E-state index is -0.160. The number of nitrogens with zero attached hydrogens (tertiary/aromatic N) is 3. The lowest BCUT2D eigenvalue weighted by Crippen LogP contribution is -2.33. The summed E-state index contributed by atoms with van der Waals surface area (Å²) < 4.78 is 5.25. The Balaban J connectivity index is 1.88. The first kappa shape index (κ1) is 20.4. The lowest BCUT2D eigenvalue weighted by molar-refractivity contribution is -0.132. The van der Waals surface area contributed by atoms with Crippen molar-refractivity contribution in [3.8, 4) is 0 Å². The normalized spacial score (nSPS) is 11.6. The summed E-state index contributed by atoms with van der Waals surface area (Å²) in [5.41, 5.74) is 0.776. The Morgan fingerprint density at radius 1 is 1.35 bits per heavy atom. The van der Waals surface area contributed by atoms with E-state index in [2.05, 4.69) is 10.1 Å². The van der Waals surface area contributed by atoms with Crippen LogP contribution in [0.4, 0.5) is 0 Å². The summed E-state index contributed by atoms with van der Waals surface area (Å²) in [5, 5.41) is 13.9. The topological polar surface area (TPSA) is 79.5 Å². The summed E-state index contributed by atoms with van der Waals surface area (Å²) in [6, 6.07) is 7.38. The van der Waals surface area contributed by atoms with E-state index in [0.717, 1.165) is 5.56 Å². The molecule has 0 aliphatic heterocycles. The van der Waals surface area contributed by atoms with Crippen molar-refractivity contribution in [2.24, 2.45) is 0 Å². The second-order valence-corrected chi connectivity index (χ2v) is 7.72. The van der Waals surface area contributed by atoms with Crippen LogP contribution < -0.4 is 0 Å². The van der Waals surface area contributed by atoms with Gasteiger partial charge in [-0.05, 0) is 24.1 Å². The zero-order valence-corrected chi connectivity index (χ0v) is 16.3. The van der Waals surface area contributed by atoms with Crippen molar-refractivity contribution < 1.29 is 14.4 Å². The van der Waals surface area contributed by atoms with Crippen molar-refractivity contribution in [2.75, 3.05) is 13.2 Å². The average Bonchev–Trinajstić information content (AvgIpc) is 3.03. The second-order valence-electron chi connectivity index (χ2n) is 7.28. The van der Waals surface area contributed by atoms with E-state index < -0.39 is 0 Å². The Morgan fingerprint density at radius 3 is 2.73 bits per heavy atom. The van der Waals surface area contributed by atoms with Crippen LogP contribution in [0.25, 0.3) is 0 Å². The highest BCUT2D eigenvalue weighted by Gasteiger charge is 2.21. The fraction of sp³-hybridized carbons (Fsp3) is 0.526. The number of carbonyl (C=O) groups excluding carboxylic acids is 1. The molecule has 0 atom stereocenters. The van der Waals surface area contributed by atoms with Gasteiger partial charge in [0.05, 0.1) is 6.61 Å². The van der Waals surface area contributed by atoms with Crippen LogP contribution >= 0.6 is 11.6 Å². The number of aryl methyl sites for hydroxylation is 1. The van der Waals surface area contributed by atoms with Gasteiger partial charge in [-0.2, -0.15) is 4.98 Å². The van der Waals surface area contributed by atoms with Gasteiger partial charge in [0.15, 0.2) is 5.82 Å². The molecule has 0 aliphatic rings. The first-order valence-electron chi connectivity index (χ1n) is 8.75. The van der Waals surface area contributed by atoms with E-state index in [0.29, 0.717) is 49.1 Å². The van der Waals surface area contributed by atoms with Gasteiger partial charge in [0, 0.05) is 36.4 Å². The van der Waals surface area contributed by atoms with Crippen molar-refractivity contribution in [1.82, 2.24) is 15.0 Å². The van der Waals surface area contributed by atoms with Crippen LogP contribution in [0.3, 0.4) is 0 Å². The number of rotatable bonds is 8. The average molecular weight is 380 g/mol. The maximum atomic E-state index is 12.5. The van der Waals surface area contributed by atoms with Crippen LogP contribution in [-0.4, -0.2) is 39.2 Å². The molecule has 1 heterocycles. The molecule has 0 unspecified atom stereocenters. The van der Waals surface area contributed by atoms with Crippen molar-refractivity contribution in [3.63, 3.8) is 0 Å². The summed E-state index contributed by atoms with van der Waals surface area (Å²) >= 11 is 5.99. The highest BCUT2D eigenvalue weighted by molar-refractivity contribution is 6.30. The van der Waals surface area contributed by atoms with Gasteiger partial charge in [0.25, 0.3) is 0 Å². The zero-order valence-electron chi connectivity index (χ0n) is 15.5. The van der Waals surface area contributed by atoms with E-state index in [1.807, 2.05) is 39.0 Å². The van der Waals surface area contributed by atoms with Crippen molar-refractivity contribution in [1.29, 1.82) is 0 Å². The van der Waals surface area contributed by atoms with Crippen LogP contribution in [0.1, 0.15) is 50.9 Å². The fourth-order valence-corrected chi connectivity index (χ4v) is 2.69. The number of aliphatic hydroxyl groups excluding tert-OH is 1. The van der Waals surface area contributed by atoms with Gasteiger partial charge in [0.2, 0.25) is 11.8 Å².